The molecule has 1 heterocycles. The van der Waals surface area contributed by atoms with E-state index < -0.39 is 0 Å². The second-order valence-corrected chi connectivity index (χ2v) is 4.55. The summed E-state index contributed by atoms with van der Waals surface area (Å²) in [5, 5.41) is 9.70. The average Bonchev–Trinajstić information content (AvgIpc) is 2.67. The van der Waals surface area contributed by atoms with E-state index in [0.29, 0.717) is 12.0 Å². The fraction of sp³-hybridized carbons (Fsp3) is 1.00. The Bertz CT molecular complexity index is 178. The molecule has 82 valence electrons. The van der Waals surface area contributed by atoms with Crippen molar-refractivity contribution in [3.05, 3.63) is 0 Å². The summed E-state index contributed by atoms with van der Waals surface area (Å²) in [6.07, 6.45) is 3.58. The molecule has 1 aliphatic carbocycles. The fourth-order valence-electron chi connectivity index (χ4n) is 2.89. The lowest BCUT2D eigenvalue weighted by Crippen LogP contribution is -2.47. The molecule has 1 saturated carbocycles. The first-order chi connectivity index (χ1) is 6.79. The van der Waals surface area contributed by atoms with Crippen molar-refractivity contribution >= 4 is 0 Å². The molecule has 1 saturated heterocycles. The number of hydrogen-bond donors (Lipinski definition) is 1. The van der Waals surface area contributed by atoms with Crippen molar-refractivity contribution in [3.8, 4) is 0 Å². The van der Waals surface area contributed by atoms with Crippen molar-refractivity contribution in [1.29, 1.82) is 0 Å². The Morgan fingerprint density at radius 3 is 2.64 bits per heavy atom. The van der Waals surface area contributed by atoms with E-state index in [1.54, 1.807) is 0 Å². The van der Waals surface area contributed by atoms with E-state index in [1.165, 1.54) is 19.3 Å². The number of ether oxygens (including phenoxy) is 1. The molecule has 0 aromatic heterocycles. The van der Waals surface area contributed by atoms with Gasteiger partial charge in [-0.1, -0.05) is 6.42 Å². The summed E-state index contributed by atoms with van der Waals surface area (Å²) in [7, 11) is 0. The van der Waals surface area contributed by atoms with E-state index in [4.69, 9.17) is 4.74 Å². The zero-order chi connectivity index (χ0) is 9.97. The highest BCUT2D eigenvalue weighted by atomic mass is 16.5. The highest BCUT2D eigenvalue weighted by molar-refractivity contribution is 4.88. The minimum atomic E-state index is -0.148. The average molecular weight is 199 g/mol. The minimum Gasteiger partial charge on any atom is -0.393 e. The van der Waals surface area contributed by atoms with Crippen molar-refractivity contribution in [3.63, 3.8) is 0 Å². The zero-order valence-electron chi connectivity index (χ0n) is 8.98. The first-order valence-corrected chi connectivity index (χ1v) is 5.79. The molecule has 14 heavy (non-hydrogen) atoms. The monoisotopic (exact) mass is 199 g/mol. The van der Waals surface area contributed by atoms with Gasteiger partial charge < -0.3 is 9.84 Å². The first-order valence-electron chi connectivity index (χ1n) is 5.79. The highest BCUT2D eigenvalue weighted by Crippen LogP contribution is 2.32. The smallest absolute Gasteiger partial charge is 0.0594 e. The van der Waals surface area contributed by atoms with E-state index in [9.17, 15) is 5.11 Å². The van der Waals surface area contributed by atoms with Crippen LogP contribution < -0.4 is 0 Å². The predicted molar refractivity (Wildman–Crippen MR) is 55.2 cm³/mol. The summed E-state index contributed by atoms with van der Waals surface area (Å²) in [6, 6.07) is 0.610. The van der Waals surface area contributed by atoms with Gasteiger partial charge in [0.05, 0.1) is 19.3 Å². The quantitative estimate of drug-likeness (QED) is 0.716. The highest BCUT2D eigenvalue weighted by Gasteiger charge is 2.35. The van der Waals surface area contributed by atoms with Crippen LogP contribution in [-0.4, -0.2) is 48.5 Å². The summed E-state index contributed by atoms with van der Waals surface area (Å²) in [5.41, 5.74) is 0. The SMILES string of the molecule is C[C@H](O)[C@@H]1CCC[C@@H]1N1CCOCC1. The van der Waals surface area contributed by atoms with Crippen LogP contribution in [0.3, 0.4) is 0 Å². The normalized spacial score (nSPS) is 37.3. The Kier molecular flexibility index (Phi) is 3.42. The van der Waals surface area contributed by atoms with Crippen LogP contribution in [0, 0.1) is 5.92 Å². The molecule has 1 N–H and O–H groups in total. The van der Waals surface area contributed by atoms with Gasteiger partial charge in [-0.05, 0) is 19.8 Å². The van der Waals surface area contributed by atoms with Crippen LogP contribution in [0.4, 0.5) is 0 Å². The van der Waals surface area contributed by atoms with E-state index in [-0.39, 0.29) is 6.10 Å². The number of aliphatic hydroxyl groups excluding tert-OH is 1. The van der Waals surface area contributed by atoms with Crippen LogP contribution in [-0.2, 0) is 4.74 Å². The molecule has 3 heteroatoms. The summed E-state index contributed by atoms with van der Waals surface area (Å²) >= 11 is 0. The van der Waals surface area contributed by atoms with Gasteiger partial charge in [-0.3, -0.25) is 4.90 Å². The van der Waals surface area contributed by atoms with Gasteiger partial charge in [0.1, 0.15) is 0 Å². The molecule has 0 aromatic carbocycles. The van der Waals surface area contributed by atoms with Gasteiger partial charge in [-0.25, -0.2) is 0 Å². The Morgan fingerprint density at radius 1 is 1.29 bits per heavy atom. The summed E-state index contributed by atoms with van der Waals surface area (Å²) in [5.74, 6) is 0.494. The van der Waals surface area contributed by atoms with Crippen LogP contribution >= 0.6 is 0 Å². The number of rotatable bonds is 2. The third-order valence-electron chi connectivity index (χ3n) is 3.67. The van der Waals surface area contributed by atoms with Gasteiger partial charge in [0, 0.05) is 25.0 Å². The van der Waals surface area contributed by atoms with Crippen LogP contribution in [0.5, 0.6) is 0 Å². The Morgan fingerprint density at radius 2 is 2.00 bits per heavy atom. The first kappa shape index (κ1) is 10.4. The van der Waals surface area contributed by atoms with Crippen molar-refractivity contribution in [2.24, 2.45) is 5.92 Å². The molecule has 2 fully saturated rings. The molecule has 3 nitrogen and oxygen atoms in total. The molecule has 0 aromatic rings. The van der Waals surface area contributed by atoms with Crippen LogP contribution in [0.2, 0.25) is 0 Å². The molecule has 2 aliphatic rings. The zero-order valence-corrected chi connectivity index (χ0v) is 8.98. The summed E-state index contributed by atoms with van der Waals surface area (Å²) < 4.78 is 5.35. The molecule has 0 bridgehead atoms. The topological polar surface area (TPSA) is 32.7 Å². The molecule has 0 unspecified atom stereocenters. The Hall–Kier alpha value is -0.120. The molecular weight excluding hydrogens is 178 g/mol. The molecule has 0 spiro atoms. The van der Waals surface area contributed by atoms with Gasteiger partial charge >= 0.3 is 0 Å². The lowest BCUT2D eigenvalue weighted by atomic mass is 9.96. The third kappa shape index (κ3) is 2.10. The Labute approximate surface area is 86.0 Å². The molecule has 0 radical (unpaired) electrons. The van der Waals surface area contributed by atoms with Crippen molar-refractivity contribution < 1.29 is 9.84 Å². The lowest BCUT2D eigenvalue weighted by molar-refractivity contribution is -0.00961. The molecular formula is C11H21NO2. The van der Waals surface area contributed by atoms with Crippen molar-refractivity contribution in [1.82, 2.24) is 4.90 Å². The number of morpholine rings is 1. The summed E-state index contributed by atoms with van der Waals surface area (Å²) in [6.45, 7) is 5.76. The van der Waals surface area contributed by atoms with Gasteiger partial charge in [0.15, 0.2) is 0 Å². The lowest BCUT2D eigenvalue weighted by Gasteiger charge is -2.36. The maximum Gasteiger partial charge on any atom is 0.0594 e. The largest absolute Gasteiger partial charge is 0.393 e. The van der Waals surface area contributed by atoms with Crippen molar-refractivity contribution in [2.75, 3.05) is 26.3 Å². The number of nitrogens with zero attached hydrogens (tertiary/aromatic N) is 1. The Balaban J connectivity index is 1.94. The predicted octanol–water partition coefficient (Wildman–Crippen LogP) is 0.868. The van der Waals surface area contributed by atoms with E-state index in [0.717, 1.165) is 26.3 Å². The molecule has 0 amide bonds. The number of aliphatic hydroxyl groups is 1. The van der Waals surface area contributed by atoms with Crippen LogP contribution in [0.25, 0.3) is 0 Å². The second-order valence-electron chi connectivity index (χ2n) is 4.55. The second kappa shape index (κ2) is 4.60. The maximum absolute atomic E-state index is 9.70. The summed E-state index contributed by atoms with van der Waals surface area (Å²) in [4.78, 5) is 2.51. The standard InChI is InChI=1S/C11H21NO2/c1-9(13)10-3-2-4-11(10)12-5-7-14-8-6-12/h9-11,13H,2-8H2,1H3/t9-,10-,11-/m0/s1. The third-order valence-corrected chi connectivity index (χ3v) is 3.67. The minimum absolute atomic E-state index is 0.148. The number of hydrogen-bond acceptors (Lipinski definition) is 3. The molecule has 3 atom stereocenters. The van der Waals surface area contributed by atoms with E-state index in [2.05, 4.69) is 4.90 Å². The van der Waals surface area contributed by atoms with Crippen LogP contribution in [0.15, 0.2) is 0 Å². The van der Waals surface area contributed by atoms with Gasteiger partial charge in [0.25, 0.3) is 0 Å². The van der Waals surface area contributed by atoms with E-state index >= 15 is 0 Å². The van der Waals surface area contributed by atoms with Crippen molar-refractivity contribution in [2.45, 2.75) is 38.3 Å². The maximum atomic E-state index is 9.70. The van der Waals surface area contributed by atoms with E-state index in [1.807, 2.05) is 6.92 Å². The van der Waals surface area contributed by atoms with Gasteiger partial charge in [-0.2, -0.15) is 0 Å². The van der Waals surface area contributed by atoms with Gasteiger partial charge in [-0.15, -0.1) is 0 Å². The molecule has 2 rings (SSSR count). The fourth-order valence-corrected chi connectivity index (χ4v) is 2.89. The van der Waals surface area contributed by atoms with Gasteiger partial charge in [0.2, 0.25) is 0 Å². The van der Waals surface area contributed by atoms with Crippen LogP contribution in [0.1, 0.15) is 26.2 Å². The molecule has 1 aliphatic heterocycles.